The molecular weight excluding hydrogens is 234 g/mol. The first-order valence-electron chi connectivity index (χ1n) is 6.02. The van der Waals surface area contributed by atoms with Gasteiger partial charge in [-0.3, -0.25) is 0 Å². The Hall–Kier alpha value is -1.98. The first-order valence-corrected chi connectivity index (χ1v) is 6.02. The van der Waals surface area contributed by atoms with Crippen molar-refractivity contribution in [1.29, 1.82) is 0 Å². The lowest BCUT2D eigenvalue weighted by molar-refractivity contribution is 0.391. The maximum absolute atomic E-state index is 11.9. The van der Waals surface area contributed by atoms with Gasteiger partial charge >= 0.3 is 5.69 Å². The average Bonchev–Trinajstić information content (AvgIpc) is 2.79. The van der Waals surface area contributed by atoms with E-state index in [4.69, 9.17) is 4.52 Å². The molecule has 2 aromatic rings. The summed E-state index contributed by atoms with van der Waals surface area (Å²) in [6.07, 6.45) is 2.56. The third-order valence-electron chi connectivity index (χ3n) is 2.94. The van der Waals surface area contributed by atoms with Gasteiger partial charge in [-0.05, 0) is 26.7 Å². The second kappa shape index (κ2) is 4.72. The lowest BCUT2D eigenvalue weighted by Crippen LogP contribution is -2.15. The van der Waals surface area contributed by atoms with Gasteiger partial charge in [-0.2, -0.15) is 0 Å². The van der Waals surface area contributed by atoms with Crippen LogP contribution < -0.4 is 5.69 Å². The van der Waals surface area contributed by atoms with Crippen LogP contribution in [0.4, 0.5) is 0 Å². The first kappa shape index (κ1) is 12.5. The Bertz CT molecular complexity index is 587. The number of unbranched alkanes of at least 4 members (excludes halogenated alkanes) is 1. The molecular formula is C12H17N3O3. The Kier molecular flexibility index (Phi) is 3.27. The van der Waals surface area contributed by atoms with E-state index in [1.165, 1.54) is 4.57 Å². The largest absolute Gasteiger partial charge is 0.493 e. The first-order chi connectivity index (χ1) is 8.56. The SMILES string of the molecule is CCCCc1[nH]c(=O)n(-c2c(C)noc2C)c1O. The fourth-order valence-corrected chi connectivity index (χ4v) is 2.00. The van der Waals surface area contributed by atoms with Crippen molar-refractivity contribution in [3.63, 3.8) is 0 Å². The number of nitrogens with one attached hydrogen (secondary N) is 1. The number of aromatic nitrogens is 3. The van der Waals surface area contributed by atoms with E-state index in [9.17, 15) is 9.90 Å². The molecule has 2 rings (SSSR count). The number of aromatic amines is 1. The summed E-state index contributed by atoms with van der Waals surface area (Å²) in [6, 6.07) is 0. The fraction of sp³-hybridized carbons (Fsp3) is 0.500. The third-order valence-corrected chi connectivity index (χ3v) is 2.94. The van der Waals surface area contributed by atoms with E-state index in [2.05, 4.69) is 17.1 Å². The molecule has 0 aliphatic heterocycles. The van der Waals surface area contributed by atoms with Crippen molar-refractivity contribution in [3.05, 3.63) is 27.6 Å². The molecule has 0 aliphatic rings. The summed E-state index contributed by atoms with van der Waals surface area (Å²) in [5.74, 6) is 0.453. The molecule has 0 spiro atoms. The third kappa shape index (κ3) is 1.94. The zero-order chi connectivity index (χ0) is 13.3. The lowest BCUT2D eigenvalue weighted by atomic mass is 10.2. The summed E-state index contributed by atoms with van der Waals surface area (Å²) in [7, 11) is 0. The molecule has 0 radical (unpaired) electrons. The Labute approximate surface area is 104 Å². The van der Waals surface area contributed by atoms with Gasteiger partial charge in [0.25, 0.3) is 0 Å². The topological polar surface area (TPSA) is 84.0 Å². The number of rotatable bonds is 4. The van der Waals surface area contributed by atoms with Gasteiger partial charge in [-0.15, -0.1) is 0 Å². The average molecular weight is 251 g/mol. The maximum Gasteiger partial charge on any atom is 0.333 e. The van der Waals surface area contributed by atoms with Gasteiger partial charge in [0.15, 0.2) is 5.76 Å². The van der Waals surface area contributed by atoms with Crippen molar-refractivity contribution >= 4 is 0 Å². The summed E-state index contributed by atoms with van der Waals surface area (Å²) >= 11 is 0. The minimum Gasteiger partial charge on any atom is -0.493 e. The van der Waals surface area contributed by atoms with Crippen molar-refractivity contribution in [3.8, 4) is 11.6 Å². The van der Waals surface area contributed by atoms with Crippen molar-refractivity contribution in [1.82, 2.24) is 14.7 Å². The molecule has 2 aromatic heterocycles. The van der Waals surface area contributed by atoms with Crippen molar-refractivity contribution in [2.45, 2.75) is 40.0 Å². The highest BCUT2D eigenvalue weighted by Crippen LogP contribution is 2.24. The standard InChI is InChI=1S/C12H17N3O3/c1-4-5-6-9-11(16)15(12(17)13-9)10-7(2)14-18-8(10)3/h16H,4-6H2,1-3H3,(H,13,17). The summed E-state index contributed by atoms with van der Waals surface area (Å²) in [5.41, 5.74) is 1.28. The Morgan fingerprint density at radius 2 is 2.17 bits per heavy atom. The Morgan fingerprint density at radius 1 is 1.44 bits per heavy atom. The normalized spacial score (nSPS) is 11.1. The monoisotopic (exact) mass is 251 g/mol. The van der Waals surface area contributed by atoms with Gasteiger partial charge in [0.05, 0.1) is 5.69 Å². The molecule has 0 bridgehead atoms. The minimum atomic E-state index is -0.368. The van der Waals surface area contributed by atoms with Crippen LogP contribution >= 0.6 is 0 Å². The number of nitrogens with zero attached hydrogens (tertiary/aromatic N) is 2. The highest BCUT2D eigenvalue weighted by molar-refractivity contribution is 5.43. The molecule has 2 heterocycles. The van der Waals surface area contributed by atoms with Crippen LogP contribution in [0, 0.1) is 13.8 Å². The number of aryl methyl sites for hydroxylation is 3. The zero-order valence-electron chi connectivity index (χ0n) is 10.8. The molecule has 0 unspecified atom stereocenters. The second-order valence-electron chi connectivity index (χ2n) is 4.34. The number of hydrogen-bond acceptors (Lipinski definition) is 4. The quantitative estimate of drug-likeness (QED) is 0.868. The van der Waals surface area contributed by atoms with Gasteiger partial charge in [-0.1, -0.05) is 18.5 Å². The van der Waals surface area contributed by atoms with Crippen LogP contribution in [0.25, 0.3) is 5.69 Å². The molecule has 0 saturated carbocycles. The number of H-pyrrole nitrogens is 1. The van der Waals surface area contributed by atoms with Gasteiger partial charge in [0.1, 0.15) is 11.4 Å². The molecule has 0 aliphatic carbocycles. The molecule has 0 saturated heterocycles. The van der Waals surface area contributed by atoms with Crippen LogP contribution in [0.1, 0.15) is 36.9 Å². The van der Waals surface area contributed by atoms with E-state index in [-0.39, 0.29) is 11.6 Å². The molecule has 0 aromatic carbocycles. The van der Waals surface area contributed by atoms with E-state index in [0.29, 0.717) is 29.3 Å². The summed E-state index contributed by atoms with van der Waals surface area (Å²) in [6.45, 7) is 5.50. The Morgan fingerprint density at radius 3 is 2.72 bits per heavy atom. The molecule has 0 fully saturated rings. The molecule has 0 amide bonds. The predicted octanol–water partition coefficient (Wildman–Crippen LogP) is 1.82. The van der Waals surface area contributed by atoms with Crippen LogP contribution in [0.15, 0.2) is 9.32 Å². The maximum atomic E-state index is 11.9. The van der Waals surface area contributed by atoms with Gasteiger partial charge < -0.3 is 14.6 Å². The molecule has 18 heavy (non-hydrogen) atoms. The molecule has 6 nitrogen and oxygen atoms in total. The molecule has 2 N–H and O–H groups in total. The molecule has 6 heteroatoms. The summed E-state index contributed by atoms with van der Waals surface area (Å²) in [5, 5.41) is 13.9. The van der Waals surface area contributed by atoms with Crippen LogP contribution in [-0.4, -0.2) is 19.8 Å². The fourth-order valence-electron chi connectivity index (χ4n) is 2.00. The van der Waals surface area contributed by atoms with Crippen LogP contribution in [0.3, 0.4) is 0 Å². The smallest absolute Gasteiger partial charge is 0.333 e. The minimum absolute atomic E-state index is 0.0529. The number of aromatic hydroxyl groups is 1. The van der Waals surface area contributed by atoms with Gasteiger partial charge in [0, 0.05) is 0 Å². The van der Waals surface area contributed by atoms with E-state index in [1.54, 1.807) is 13.8 Å². The van der Waals surface area contributed by atoms with Gasteiger partial charge in [-0.25, -0.2) is 9.36 Å². The van der Waals surface area contributed by atoms with Crippen molar-refractivity contribution < 1.29 is 9.63 Å². The lowest BCUT2D eigenvalue weighted by Gasteiger charge is -2.02. The van der Waals surface area contributed by atoms with Gasteiger partial charge in [0.2, 0.25) is 5.88 Å². The van der Waals surface area contributed by atoms with E-state index >= 15 is 0 Å². The van der Waals surface area contributed by atoms with E-state index < -0.39 is 0 Å². The van der Waals surface area contributed by atoms with Crippen LogP contribution in [0.2, 0.25) is 0 Å². The predicted molar refractivity (Wildman–Crippen MR) is 66.2 cm³/mol. The number of hydrogen-bond donors (Lipinski definition) is 2. The number of imidazole rings is 1. The molecule has 98 valence electrons. The summed E-state index contributed by atoms with van der Waals surface area (Å²) < 4.78 is 6.23. The van der Waals surface area contributed by atoms with Crippen molar-refractivity contribution in [2.24, 2.45) is 0 Å². The van der Waals surface area contributed by atoms with Crippen molar-refractivity contribution in [2.75, 3.05) is 0 Å². The van der Waals surface area contributed by atoms with Crippen LogP contribution in [-0.2, 0) is 6.42 Å². The zero-order valence-corrected chi connectivity index (χ0v) is 10.8. The molecule has 0 atom stereocenters. The highest BCUT2D eigenvalue weighted by atomic mass is 16.5. The second-order valence-corrected chi connectivity index (χ2v) is 4.34. The van der Waals surface area contributed by atoms with E-state index in [0.717, 1.165) is 12.8 Å². The summed E-state index contributed by atoms with van der Waals surface area (Å²) in [4.78, 5) is 14.6. The highest BCUT2D eigenvalue weighted by Gasteiger charge is 2.20. The van der Waals surface area contributed by atoms with Crippen LogP contribution in [0.5, 0.6) is 5.88 Å². The Balaban J connectivity index is 2.52. The van der Waals surface area contributed by atoms with E-state index in [1.807, 2.05) is 0 Å².